The van der Waals surface area contributed by atoms with Crippen LogP contribution in [-0.2, 0) is 4.79 Å². The molecule has 1 heterocycles. The molecule has 0 atom stereocenters. The Labute approximate surface area is 114 Å². The highest BCUT2D eigenvalue weighted by Crippen LogP contribution is 2.28. The van der Waals surface area contributed by atoms with Crippen molar-refractivity contribution in [3.63, 3.8) is 0 Å². The van der Waals surface area contributed by atoms with E-state index in [1.54, 1.807) is 0 Å². The van der Waals surface area contributed by atoms with E-state index < -0.39 is 0 Å². The molecule has 0 spiro atoms. The fourth-order valence-electron chi connectivity index (χ4n) is 1.97. The van der Waals surface area contributed by atoms with Crippen molar-refractivity contribution < 1.29 is 4.79 Å². The minimum atomic E-state index is -0.0174. The number of likely N-dealkylation sites (N-methyl/N-ethyl adjacent to an activating group) is 2. The minimum Gasteiger partial charge on any atom is -0.383 e. The first kappa shape index (κ1) is 15.2. The van der Waals surface area contributed by atoms with E-state index in [0.29, 0.717) is 18.9 Å². The maximum Gasteiger partial charge on any atom is 0.239 e. The lowest BCUT2D eigenvalue weighted by Gasteiger charge is -2.25. The Morgan fingerprint density at radius 1 is 1.42 bits per heavy atom. The minimum absolute atomic E-state index is 0.0174. The molecule has 6 heteroatoms. The van der Waals surface area contributed by atoms with Crippen molar-refractivity contribution in [3.8, 4) is 0 Å². The predicted molar refractivity (Wildman–Crippen MR) is 77.1 cm³/mol. The van der Waals surface area contributed by atoms with Gasteiger partial charge in [-0.25, -0.2) is 9.97 Å². The van der Waals surface area contributed by atoms with E-state index in [0.717, 1.165) is 11.4 Å². The van der Waals surface area contributed by atoms with Gasteiger partial charge >= 0.3 is 0 Å². The van der Waals surface area contributed by atoms with E-state index in [9.17, 15) is 4.79 Å². The number of amides is 1. The molecule has 0 aliphatic carbocycles. The summed E-state index contributed by atoms with van der Waals surface area (Å²) in [6.45, 7) is 9.56. The van der Waals surface area contributed by atoms with Crippen LogP contribution in [0.2, 0.25) is 0 Å². The molecule has 1 rings (SSSR count). The number of hydrogen-bond donors (Lipinski definition) is 2. The Morgan fingerprint density at radius 2 is 2.11 bits per heavy atom. The van der Waals surface area contributed by atoms with E-state index in [4.69, 9.17) is 5.73 Å². The quantitative estimate of drug-likeness (QED) is 0.806. The van der Waals surface area contributed by atoms with Gasteiger partial charge in [0.1, 0.15) is 18.0 Å². The lowest BCUT2D eigenvalue weighted by atomic mass is 10.0. The Balaban J connectivity index is 3.04. The summed E-state index contributed by atoms with van der Waals surface area (Å²) in [5.74, 6) is 1.42. The number of carbonyl (C=O) groups excluding carboxylic acids is 1. The van der Waals surface area contributed by atoms with Crippen molar-refractivity contribution in [2.75, 3.05) is 30.3 Å². The van der Waals surface area contributed by atoms with Crippen molar-refractivity contribution in [3.05, 3.63) is 11.9 Å². The molecule has 0 aromatic carbocycles. The van der Waals surface area contributed by atoms with Crippen LogP contribution in [0.25, 0.3) is 0 Å². The van der Waals surface area contributed by atoms with Crippen LogP contribution in [-0.4, -0.2) is 35.5 Å². The maximum absolute atomic E-state index is 11.7. The second-order valence-corrected chi connectivity index (χ2v) is 4.62. The van der Waals surface area contributed by atoms with Crippen molar-refractivity contribution >= 4 is 17.5 Å². The highest BCUT2D eigenvalue weighted by atomic mass is 16.2. The number of rotatable bonds is 6. The average Bonchev–Trinajstić information content (AvgIpc) is 2.35. The predicted octanol–water partition coefficient (Wildman–Crippen LogP) is 1.14. The third-order valence-corrected chi connectivity index (χ3v) is 2.86. The van der Waals surface area contributed by atoms with Gasteiger partial charge in [0, 0.05) is 18.7 Å². The normalized spacial score (nSPS) is 10.6. The van der Waals surface area contributed by atoms with Crippen molar-refractivity contribution in [1.82, 2.24) is 15.3 Å². The summed E-state index contributed by atoms with van der Waals surface area (Å²) in [5, 5.41) is 2.79. The van der Waals surface area contributed by atoms with Gasteiger partial charge in [0.15, 0.2) is 0 Å². The molecule has 3 N–H and O–H groups in total. The summed E-state index contributed by atoms with van der Waals surface area (Å²) < 4.78 is 0. The number of aromatic nitrogens is 2. The third-order valence-electron chi connectivity index (χ3n) is 2.86. The molecule has 0 aliphatic heterocycles. The molecule has 6 nitrogen and oxygen atoms in total. The topological polar surface area (TPSA) is 84.1 Å². The lowest BCUT2D eigenvalue weighted by Crippen LogP contribution is -2.38. The van der Waals surface area contributed by atoms with Crippen LogP contribution in [0.1, 0.15) is 39.2 Å². The van der Waals surface area contributed by atoms with Gasteiger partial charge in [0.05, 0.1) is 6.54 Å². The van der Waals surface area contributed by atoms with E-state index in [-0.39, 0.29) is 18.4 Å². The summed E-state index contributed by atoms with van der Waals surface area (Å²) in [7, 11) is 0. The molecule has 0 saturated carbocycles. The average molecular weight is 265 g/mol. The molecule has 0 bridgehead atoms. The molecule has 0 unspecified atom stereocenters. The summed E-state index contributed by atoms with van der Waals surface area (Å²) in [6.07, 6.45) is 1.44. The van der Waals surface area contributed by atoms with Gasteiger partial charge in [-0.3, -0.25) is 4.79 Å². The Bertz CT molecular complexity index is 433. The zero-order chi connectivity index (χ0) is 14.4. The summed E-state index contributed by atoms with van der Waals surface area (Å²) >= 11 is 0. The fraction of sp³-hybridized carbons (Fsp3) is 0.615. The van der Waals surface area contributed by atoms with E-state index in [1.165, 1.54) is 6.33 Å². The van der Waals surface area contributed by atoms with Crippen LogP contribution in [0.15, 0.2) is 6.33 Å². The summed E-state index contributed by atoms with van der Waals surface area (Å²) in [5.41, 5.74) is 6.82. The third kappa shape index (κ3) is 3.81. The second-order valence-electron chi connectivity index (χ2n) is 4.62. The standard InChI is InChI=1S/C13H23N5O/c1-5-15-10(19)7-18(6-2)13-11(9(3)4)12(14)16-8-17-13/h8-9H,5-7H2,1-4H3,(H,15,19)(H2,14,16,17). The van der Waals surface area contributed by atoms with Crippen molar-refractivity contribution in [2.24, 2.45) is 0 Å². The smallest absolute Gasteiger partial charge is 0.239 e. The Hall–Kier alpha value is -1.85. The molecule has 1 aromatic rings. The van der Waals surface area contributed by atoms with Crippen LogP contribution in [0.5, 0.6) is 0 Å². The van der Waals surface area contributed by atoms with Crippen LogP contribution in [0.4, 0.5) is 11.6 Å². The van der Waals surface area contributed by atoms with Gasteiger partial charge in [-0.15, -0.1) is 0 Å². The second kappa shape index (κ2) is 6.92. The molecule has 0 aliphatic rings. The molecule has 0 saturated heterocycles. The first-order valence-electron chi connectivity index (χ1n) is 6.63. The first-order valence-corrected chi connectivity index (χ1v) is 6.63. The van der Waals surface area contributed by atoms with Gasteiger partial charge in [-0.05, 0) is 19.8 Å². The van der Waals surface area contributed by atoms with Gasteiger partial charge in [0.25, 0.3) is 0 Å². The molecule has 0 fully saturated rings. The van der Waals surface area contributed by atoms with Crippen LogP contribution in [0.3, 0.4) is 0 Å². The zero-order valence-electron chi connectivity index (χ0n) is 12.1. The number of nitrogens with one attached hydrogen (secondary N) is 1. The fourth-order valence-corrected chi connectivity index (χ4v) is 1.97. The monoisotopic (exact) mass is 265 g/mol. The van der Waals surface area contributed by atoms with Crippen LogP contribution in [0, 0.1) is 0 Å². The number of carbonyl (C=O) groups is 1. The Kier molecular flexibility index (Phi) is 5.54. The zero-order valence-corrected chi connectivity index (χ0v) is 12.1. The molecule has 0 radical (unpaired) electrons. The van der Waals surface area contributed by atoms with Crippen molar-refractivity contribution in [1.29, 1.82) is 0 Å². The van der Waals surface area contributed by atoms with E-state index in [2.05, 4.69) is 15.3 Å². The summed E-state index contributed by atoms with van der Waals surface area (Å²) in [6, 6.07) is 0. The number of anilines is 2. The molecule has 106 valence electrons. The van der Waals surface area contributed by atoms with Gasteiger partial charge < -0.3 is 16.0 Å². The largest absolute Gasteiger partial charge is 0.383 e. The highest BCUT2D eigenvalue weighted by molar-refractivity contribution is 5.81. The van der Waals surface area contributed by atoms with Gasteiger partial charge in [-0.1, -0.05) is 13.8 Å². The molecular formula is C13H23N5O. The SMILES string of the molecule is CCNC(=O)CN(CC)c1ncnc(N)c1C(C)C. The van der Waals surface area contributed by atoms with Gasteiger partial charge in [-0.2, -0.15) is 0 Å². The molecule has 1 amide bonds. The lowest BCUT2D eigenvalue weighted by molar-refractivity contribution is -0.119. The van der Waals surface area contributed by atoms with E-state index >= 15 is 0 Å². The van der Waals surface area contributed by atoms with E-state index in [1.807, 2.05) is 32.6 Å². The maximum atomic E-state index is 11.7. The number of nitrogen functional groups attached to an aromatic ring is 1. The van der Waals surface area contributed by atoms with Crippen LogP contribution < -0.4 is 16.0 Å². The molecule has 19 heavy (non-hydrogen) atoms. The Morgan fingerprint density at radius 3 is 2.63 bits per heavy atom. The van der Waals surface area contributed by atoms with Crippen LogP contribution >= 0.6 is 0 Å². The number of hydrogen-bond acceptors (Lipinski definition) is 5. The summed E-state index contributed by atoms with van der Waals surface area (Å²) in [4.78, 5) is 22.0. The first-order chi connectivity index (χ1) is 9.01. The van der Waals surface area contributed by atoms with Crippen molar-refractivity contribution in [2.45, 2.75) is 33.6 Å². The number of nitrogens with zero attached hydrogens (tertiary/aromatic N) is 3. The number of nitrogens with two attached hydrogens (primary N) is 1. The van der Waals surface area contributed by atoms with Gasteiger partial charge in [0.2, 0.25) is 5.91 Å². The molecular weight excluding hydrogens is 242 g/mol. The highest BCUT2D eigenvalue weighted by Gasteiger charge is 2.19. The molecule has 1 aromatic heterocycles.